The first-order valence-corrected chi connectivity index (χ1v) is 7.73. The van der Waals surface area contributed by atoms with Crippen molar-refractivity contribution < 1.29 is 5.11 Å². The Balaban J connectivity index is 1.81. The maximum atomic E-state index is 9.70. The van der Waals surface area contributed by atoms with Crippen LogP contribution in [-0.2, 0) is 6.42 Å². The third kappa shape index (κ3) is 2.67. The van der Waals surface area contributed by atoms with Crippen molar-refractivity contribution in [3.05, 3.63) is 51.7 Å². The second kappa shape index (κ2) is 5.35. The van der Waals surface area contributed by atoms with Crippen LogP contribution in [-0.4, -0.2) is 5.11 Å². The zero-order valence-corrected chi connectivity index (χ0v) is 11.9. The van der Waals surface area contributed by atoms with E-state index in [0.717, 1.165) is 12.8 Å². The van der Waals surface area contributed by atoms with E-state index in [2.05, 4.69) is 35.8 Å². The standard InChI is InChI=1S/C16H19NOS/c1-11(16-6-3-9-19-16)17-15-5-2-4-12-7-8-13(18)10-14(12)15/h3,6-11,15,17-18H,2,4-5H2,1H3/t11-,15?/m1/s1. The SMILES string of the molecule is C[C@@H](NC1CCCc2ccc(O)cc21)c1cccs1. The maximum Gasteiger partial charge on any atom is 0.115 e. The molecule has 0 radical (unpaired) electrons. The molecular formula is C16H19NOS. The smallest absolute Gasteiger partial charge is 0.115 e. The van der Waals surface area contributed by atoms with Crippen LogP contribution in [0.1, 0.15) is 47.9 Å². The van der Waals surface area contributed by atoms with Crippen LogP contribution >= 0.6 is 11.3 Å². The number of phenols is 1. The van der Waals surface area contributed by atoms with Crippen LogP contribution in [0.3, 0.4) is 0 Å². The van der Waals surface area contributed by atoms with E-state index in [1.165, 1.54) is 22.4 Å². The molecule has 100 valence electrons. The molecule has 0 fully saturated rings. The first-order valence-electron chi connectivity index (χ1n) is 6.85. The summed E-state index contributed by atoms with van der Waals surface area (Å²) in [4.78, 5) is 1.37. The molecule has 2 aromatic rings. The minimum atomic E-state index is 0.355. The molecule has 1 aliphatic rings. The van der Waals surface area contributed by atoms with Crippen molar-refractivity contribution in [1.82, 2.24) is 5.32 Å². The number of thiophene rings is 1. The van der Waals surface area contributed by atoms with E-state index in [1.807, 2.05) is 6.07 Å². The van der Waals surface area contributed by atoms with Crippen LogP contribution in [0, 0.1) is 0 Å². The van der Waals surface area contributed by atoms with Crippen molar-refractivity contribution in [2.45, 2.75) is 38.3 Å². The van der Waals surface area contributed by atoms with E-state index >= 15 is 0 Å². The van der Waals surface area contributed by atoms with E-state index in [0.29, 0.717) is 17.8 Å². The first kappa shape index (κ1) is 12.7. The number of phenolic OH excluding ortho intramolecular Hbond substituents is 1. The highest BCUT2D eigenvalue weighted by Crippen LogP contribution is 2.34. The van der Waals surface area contributed by atoms with Crippen LogP contribution in [0.4, 0.5) is 0 Å². The molecule has 0 amide bonds. The number of nitrogens with one attached hydrogen (secondary N) is 1. The van der Waals surface area contributed by atoms with Crippen LogP contribution in [0.15, 0.2) is 35.7 Å². The number of benzene rings is 1. The molecule has 3 rings (SSSR count). The molecule has 3 heteroatoms. The van der Waals surface area contributed by atoms with Gasteiger partial charge in [-0.3, -0.25) is 0 Å². The molecular weight excluding hydrogens is 254 g/mol. The quantitative estimate of drug-likeness (QED) is 0.879. The van der Waals surface area contributed by atoms with E-state index in [4.69, 9.17) is 0 Å². The lowest BCUT2D eigenvalue weighted by Gasteiger charge is -2.29. The van der Waals surface area contributed by atoms with Gasteiger partial charge in [0.25, 0.3) is 0 Å². The number of aromatic hydroxyl groups is 1. The summed E-state index contributed by atoms with van der Waals surface area (Å²) in [6.45, 7) is 2.21. The van der Waals surface area contributed by atoms with Crippen LogP contribution in [0.25, 0.3) is 0 Å². The molecule has 0 spiro atoms. The zero-order chi connectivity index (χ0) is 13.2. The van der Waals surface area contributed by atoms with Gasteiger partial charge in [0, 0.05) is 17.0 Å². The Labute approximate surface area is 118 Å². The average molecular weight is 273 g/mol. The average Bonchev–Trinajstić information content (AvgIpc) is 2.93. The van der Waals surface area contributed by atoms with Gasteiger partial charge in [0.2, 0.25) is 0 Å². The van der Waals surface area contributed by atoms with Gasteiger partial charge in [-0.2, -0.15) is 0 Å². The molecule has 1 aromatic carbocycles. The van der Waals surface area contributed by atoms with Crippen molar-refractivity contribution in [3.63, 3.8) is 0 Å². The highest BCUT2D eigenvalue weighted by molar-refractivity contribution is 7.10. The lowest BCUT2D eigenvalue weighted by molar-refractivity contribution is 0.413. The fourth-order valence-electron chi connectivity index (χ4n) is 2.88. The predicted octanol–water partition coefficient (Wildman–Crippen LogP) is 4.18. The van der Waals surface area contributed by atoms with Gasteiger partial charge >= 0.3 is 0 Å². The summed E-state index contributed by atoms with van der Waals surface area (Å²) in [5.41, 5.74) is 2.65. The largest absolute Gasteiger partial charge is 0.508 e. The van der Waals surface area contributed by atoms with Crippen LogP contribution in [0.5, 0.6) is 5.75 Å². The zero-order valence-electron chi connectivity index (χ0n) is 11.1. The Morgan fingerprint density at radius 1 is 1.37 bits per heavy atom. The van der Waals surface area contributed by atoms with Crippen molar-refractivity contribution in [1.29, 1.82) is 0 Å². The van der Waals surface area contributed by atoms with Gasteiger partial charge in [-0.25, -0.2) is 0 Å². The van der Waals surface area contributed by atoms with Crippen molar-refractivity contribution >= 4 is 11.3 Å². The molecule has 0 saturated carbocycles. The summed E-state index contributed by atoms with van der Waals surface area (Å²) >= 11 is 1.79. The van der Waals surface area contributed by atoms with Gasteiger partial charge in [-0.15, -0.1) is 11.3 Å². The Morgan fingerprint density at radius 2 is 2.26 bits per heavy atom. The van der Waals surface area contributed by atoms with E-state index < -0.39 is 0 Å². The first-order chi connectivity index (χ1) is 9.24. The Hall–Kier alpha value is -1.32. The van der Waals surface area contributed by atoms with Gasteiger partial charge in [0.1, 0.15) is 5.75 Å². The number of aryl methyl sites for hydroxylation is 1. The molecule has 1 aliphatic carbocycles. The molecule has 0 aliphatic heterocycles. The fourth-order valence-corrected chi connectivity index (χ4v) is 3.62. The number of fused-ring (bicyclic) bond motifs is 1. The number of hydrogen-bond acceptors (Lipinski definition) is 3. The highest BCUT2D eigenvalue weighted by atomic mass is 32.1. The van der Waals surface area contributed by atoms with E-state index in [-0.39, 0.29) is 0 Å². The molecule has 1 heterocycles. The topological polar surface area (TPSA) is 32.3 Å². The van der Waals surface area contributed by atoms with Gasteiger partial charge in [0.05, 0.1) is 0 Å². The van der Waals surface area contributed by atoms with Crippen LogP contribution < -0.4 is 5.32 Å². The molecule has 1 aromatic heterocycles. The summed E-state index contributed by atoms with van der Waals surface area (Å²) < 4.78 is 0. The van der Waals surface area contributed by atoms with Crippen molar-refractivity contribution in [2.24, 2.45) is 0 Å². The molecule has 0 bridgehead atoms. The molecule has 0 saturated heterocycles. The van der Waals surface area contributed by atoms with Gasteiger partial charge in [-0.05, 0) is 60.9 Å². The Morgan fingerprint density at radius 3 is 3.05 bits per heavy atom. The summed E-state index contributed by atoms with van der Waals surface area (Å²) in [5.74, 6) is 0.372. The minimum Gasteiger partial charge on any atom is -0.508 e. The monoisotopic (exact) mass is 273 g/mol. The van der Waals surface area contributed by atoms with E-state index in [1.54, 1.807) is 17.4 Å². The molecule has 2 N–H and O–H groups in total. The van der Waals surface area contributed by atoms with Crippen LogP contribution in [0.2, 0.25) is 0 Å². The van der Waals surface area contributed by atoms with Gasteiger partial charge < -0.3 is 10.4 Å². The van der Waals surface area contributed by atoms with Crippen molar-refractivity contribution in [3.8, 4) is 5.75 Å². The van der Waals surface area contributed by atoms with Gasteiger partial charge in [-0.1, -0.05) is 12.1 Å². The second-order valence-corrected chi connectivity index (χ2v) is 6.21. The third-order valence-electron chi connectivity index (χ3n) is 3.86. The molecule has 19 heavy (non-hydrogen) atoms. The Kier molecular flexibility index (Phi) is 3.58. The molecule has 2 atom stereocenters. The third-order valence-corrected chi connectivity index (χ3v) is 4.92. The van der Waals surface area contributed by atoms with Crippen molar-refractivity contribution in [2.75, 3.05) is 0 Å². The number of hydrogen-bond donors (Lipinski definition) is 2. The normalized spacial score (nSPS) is 19.9. The summed E-state index contributed by atoms with van der Waals surface area (Å²) in [5, 5.41) is 15.5. The van der Waals surface area contributed by atoms with Gasteiger partial charge in [0.15, 0.2) is 0 Å². The summed E-state index contributed by atoms with van der Waals surface area (Å²) in [6.07, 6.45) is 3.49. The lowest BCUT2D eigenvalue weighted by atomic mass is 9.87. The summed E-state index contributed by atoms with van der Waals surface area (Å²) in [6, 6.07) is 10.8. The lowest BCUT2D eigenvalue weighted by Crippen LogP contribution is -2.27. The highest BCUT2D eigenvalue weighted by Gasteiger charge is 2.22. The number of rotatable bonds is 3. The Bertz CT molecular complexity index is 550. The van der Waals surface area contributed by atoms with E-state index in [9.17, 15) is 5.11 Å². The predicted molar refractivity (Wildman–Crippen MR) is 79.7 cm³/mol. The second-order valence-electron chi connectivity index (χ2n) is 5.23. The fraction of sp³-hybridized carbons (Fsp3) is 0.375. The maximum absolute atomic E-state index is 9.70. The minimum absolute atomic E-state index is 0.355. The molecule has 2 nitrogen and oxygen atoms in total. The molecule has 1 unspecified atom stereocenters. The summed E-state index contributed by atoms with van der Waals surface area (Å²) in [7, 11) is 0.